The number of para-hydroxylation sites is 1. The molecular weight excluding hydrogens is 368 g/mol. The Morgan fingerprint density at radius 2 is 1.93 bits per heavy atom. The van der Waals surface area contributed by atoms with Crippen molar-refractivity contribution >= 4 is 22.9 Å². The number of aryl methyl sites for hydroxylation is 2. The summed E-state index contributed by atoms with van der Waals surface area (Å²) in [7, 11) is 0. The van der Waals surface area contributed by atoms with E-state index in [0.29, 0.717) is 18.4 Å². The van der Waals surface area contributed by atoms with Gasteiger partial charge in [-0.1, -0.05) is 18.2 Å². The number of carbonyl (C=O) groups is 1. The summed E-state index contributed by atoms with van der Waals surface area (Å²) in [5, 5.41) is 0. The van der Waals surface area contributed by atoms with Gasteiger partial charge in [0.2, 0.25) is 5.91 Å². The van der Waals surface area contributed by atoms with Gasteiger partial charge in [0.1, 0.15) is 0 Å². The number of benzene rings is 1. The summed E-state index contributed by atoms with van der Waals surface area (Å²) in [6.07, 6.45) is 3.77. The van der Waals surface area contributed by atoms with Crippen molar-refractivity contribution in [1.29, 1.82) is 0 Å². The van der Waals surface area contributed by atoms with Gasteiger partial charge in [0.25, 0.3) is 0 Å². The second-order valence-electron chi connectivity index (χ2n) is 7.86. The maximum Gasteiger partial charge on any atom is 0.222 e. The van der Waals surface area contributed by atoms with Crippen LogP contribution in [-0.4, -0.2) is 66.0 Å². The number of likely N-dealkylation sites (tertiary alicyclic amines) is 1. The number of carbonyl (C=O) groups excluding carboxylic acids is 1. The molecule has 3 heterocycles. The Hall–Kier alpha value is -1.92. The second-order valence-corrected chi connectivity index (χ2v) is 8.79. The molecule has 1 atom stereocenters. The van der Waals surface area contributed by atoms with E-state index in [-0.39, 0.29) is 0 Å². The molecule has 1 aromatic heterocycles. The normalized spacial score (nSPS) is 21.1. The molecular formula is C22H30N4OS. The summed E-state index contributed by atoms with van der Waals surface area (Å²) in [5.74, 6) is 0.306. The molecule has 28 heavy (non-hydrogen) atoms. The Morgan fingerprint density at radius 1 is 1.14 bits per heavy atom. The number of thiazole rings is 1. The molecule has 150 valence electrons. The van der Waals surface area contributed by atoms with Crippen LogP contribution in [0.4, 0.5) is 5.69 Å². The van der Waals surface area contributed by atoms with Gasteiger partial charge in [0, 0.05) is 62.3 Å². The van der Waals surface area contributed by atoms with Crippen LogP contribution in [0.5, 0.6) is 0 Å². The quantitative estimate of drug-likeness (QED) is 0.775. The largest absolute Gasteiger partial charge is 0.369 e. The third-order valence-electron chi connectivity index (χ3n) is 6.11. The molecule has 2 saturated heterocycles. The number of amides is 1. The van der Waals surface area contributed by atoms with Crippen LogP contribution in [0.1, 0.15) is 29.8 Å². The minimum absolute atomic E-state index is 0.306. The number of rotatable bonds is 5. The van der Waals surface area contributed by atoms with Crippen molar-refractivity contribution in [3.05, 3.63) is 46.4 Å². The summed E-state index contributed by atoms with van der Waals surface area (Å²) < 4.78 is 0. The standard InChI is InChI=1S/C22H30N4OS/c1-18-21(28-17-23-18)9-10-22(27)26-11-5-8-20(16-26)25-14-12-24(13-15-25)19-6-3-2-4-7-19/h2-4,6-7,17,20H,5,8-16H2,1H3/t20-/m1/s1. The molecule has 0 aliphatic carbocycles. The number of piperazine rings is 1. The second kappa shape index (κ2) is 9.05. The smallest absolute Gasteiger partial charge is 0.222 e. The summed E-state index contributed by atoms with van der Waals surface area (Å²) in [6.45, 7) is 8.15. The molecule has 5 nitrogen and oxygen atoms in total. The van der Waals surface area contributed by atoms with Gasteiger partial charge in [-0.2, -0.15) is 0 Å². The molecule has 1 amide bonds. The van der Waals surface area contributed by atoms with Gasteiger partial charge in [-0.05, 0) is 38.3 Å². The van der Waals surface area contributed by atoms with E-state index in [4.69, 9.17) is 0 Å². The van der Waals surface area contributed by atoms with Crippen molar-refractivity contribution in [3.63, 3.8) is 0 Å². The van der Waals surface area contributed by atoms with Crippen LogP contribution in [0.15, 0.2) is 35.8 Å². The maximum atomic E-state index is 12.8. The molecule has 0 bridgehead atoms. The van der Waals surface area contributed by atoms with E-state index in [1.165, 1.54) is 17.0 Å². The molecule has 0 radical (unpaired) electrons. The Kier molecular flexibility index (Phi) is 6.27. The van der Waals surface area contributed by atoms with Crippen LogP contribution in [0.3, 0.4) is 0 Å². The average Bonchev–Trinajstić information content (AvgIpc) is 3.17. The van der Waals surface area contributed by atoms with Crippen molar-refractivity contribution in [2.45, 2.75) is 38.6 Å². The number of hydrogen-bond donors (Lipinski definition) is 0. The lowest BCUT2D eigenvalue weighted by atomic mass is 10.0. The first-order valence-electron chi connectivity index (χ1n) is 10.4. The monoisotopic (exact) mass is 398 g/mol. The molecule has 2 aliphatic heterocycles. The van der Waals surface area contributed by atoms with E-state index in [9.17, 15) is 4.79 Å². The molecule has 2 fully saturated rings. The van der Waals surface area contributed by atoms with Gasteiger partial charge in [0.05, 0.1) is 11.2 Å². The van der Waals surface area contributed by atoms with Crippen LogP contribution in [0.25, 0.3) is 0 Å². The molecule has 0 spiro atoms. The molecule has 2 aliphatic rings. The highest BCUT2D eigenvalue weighted by Gasteiger charge is 2.29. The van der Waals surface area contributed by atoms with E-state index in [0.717, 1.165) is 57.8 Å². The highest BCUT2D eigenvalue weighted by molar-refractivity contribution is 7.09. The number of aromatic nitrogens is 1. The fourth-order valence-electron chi connectivity index (χ4n) is 4.41. The fourth-order valence-corrected chi connectivity index (χ4v) is 5.19. The van der Waals surface area contributed by atoms with Crippen LogP contribution in [0.2, 0.25) is 0 Å². The van der Waals surface area contributed by atoms with E-state index in [1.807, 2.05) is 12.4 Å². The van der Waals surface area contributed by atoms with Gasteiger partial charge < -0.3 is 9.80 Å². The molecule has 2 aromatic rings. The number of hydrogen-bond acceptors (Lipinski definition) is 5. The summed E-state index contributed by atoms with van der Waals surface area (Å²) in [6, 6.07) is 11.2. The average molecular weight is 399 g/mol. The first kappa shape index (κ1) is 19.4. The lowest BCUT2D eigenvalue weighted by Crippen LogP contribution is -2.55. The van der Waals surface area contributed by atoms with Gasteiger partial charge in [-0.25, -0.2) is 4.98 Å². The summed E-state index contributed by atoms with van der Waals surface area (Å²) in [4.78, 5) is 25.5. The summed E-state index contributed by atoms with van der Waals surface area (Å²) >= 11 is 1.67. The molecule has 6 heteroatoms. The Balaban J connectivity index is 1.27. The van der Waals surface area contributed by atoms with Crippen molar-refractivity contribution in [3.8, 4) is 0 Å². The lowest BCUT2D eigenvalue weighted by Gasteiger charge is -2.44. The van der Waals surface area contributed by atoms with Crippen molar-refractivity contribution in [2.24, 2.45) is 0 Å². The molecule has 1 aromatic carbocycles. The number of piperidine rings is 1. The zero-order valence-electron chi connectivity index (χ0n) is 16.7. The summed E-state index contributed by atoms with van der Waals surface area (Å²) in [5.41, 5.74) is 4.27. The Morgan fingerprint density at radius 3 is 2.64 bits per heavy atom. The van der Waals surface area contributed by atoms with Gasteiger partial charge in [-0.3, -0.25) is 9.69 Å². The zero-order valence-corrected chi connectivity index (χ0v) is 17.5. The Labute approximate surface area is 172 Å². The molecule has 0 unspecified atom stereocenters. The van der Waals surface area contributed by atoms with Crippen LogP contribution in [-0.2, 0) is 11.2 Å². The fraction of sp³-hybridized carbons (Fsp3) is 0.545. The first-order valence-corrected chi connectivity index (χ1v) is 11.3. The van der Waals surface area contributed by atoms with Gasteiger partial charge in [-0.15, -0.1) is 11.3 Å². The van der Waals surface area contributed by atoms with Crippen LogP contribution < -0.4 is 4.90 Å². The highest BCUT2D eigenvalue weighted by atomic mass is 32.1. The van der Waals surface area contributed by atoms with Gasteiger partial charge >= 0.3 is 0 Å². The minimum Gasteiger partial charge on any atom is -0.369 e. The lowest BCUT2D eigenvalue weighted by molar-refractivity contribution is -0.133. The predicted molar refractivity (Wildman–Crippen MR) is 115 cm³/mol. The predicted octanol–water partition coefficient (Wildman–Crippen LogP) is 3.20. The molecule has 4 rings (SSSR count). The van der Waals surface area contributed by atoms with E-state index >= 15 is 0 Å². The zero-order chi connectivity index (χ0) is 19.3. The molecule has 0 N–H and O–H groups in total. The maximum absolute atomic E-state index is 12.8. The van der Waals surface area contributed by atoms with E-state index in [1.54, 1.807) is 11.3 Å². The van der Waals surface area contributed by atoms with E-state index < -0.39 is 0 Å². The van der Waals surface area contributed by atoms with Crippen molar-refractivity contribution in [2.75, 3.05) is 44.2 Å². The topological polar surface area (TPSA) is 39.7 Å². The third kappa shape index (κ3) is 4.55. The van der Waals surface area contributed by atoms with Crippen molar-refractivity contribution in [1.82, 2.24) is 14.8 Å². The number of anilines is 1. The number of nitrogens with zero attached hydrogens (tertiary/aromatic N) is 4. The molecule has 0 saturated carbocycles. The minimum atomic E-state index is 0.306. The van der Waals surface area contributed by atoms with Crippen LogP contribution in [0, 0.1) is 6.92 Å². The van der Waals surface area contributed by atoms with Crippen molar-refractivity contribution < 1.29 is 4.79 Å². The van der Waals surface area contributed by atoms with E-state index in [2.05, 4.69) is 50.0 Å². The first-order chi connectivity index (χ1) is 13.7. The van der Waals surface area contributed by atoms with Crippen LogP contribution >= 0.6 is 11.3 Å². The third-order valence-corrected chi connectivity index (χ3v) is 7.11. The van der Waals surface area contributed by atoms with Gasteiger partial charge in [0.15, 0.2) is 0 Å². The SMILES string of the molecule is Cc1ncsc1CCC(=O)N1CCC[C@@H](N2CCN(c3ccccc3)CC2)C1. The Bertz CT molecular complexity index is 770. The highest BCUT2D eigenvalue weighted by Crippen LogP contribution is 2.22.